The number of aromatic nitrogens is 3. The Bertz CT molecular complexity index is 511. The number of nitrogens with zero attached hydrogens (tertiary/aromatic N) is 4. The van der Waals surface area contributed by atoms with Crippen LogP contribution in [0.3, 0.4) is 0 Å². The van der Waals surface area contributed by atoms with Crippen molar-refractivity contribution in [2.75, 3.05) is 26.8 Å². The fraction of sp³-hybridized carbons (Fsp3) is 0.824. The van der Waals surface area contributed by atoms with Crippen molar-refractivity contribution >= 4 is 5.96 Å². The second-order valence-electron chi connectivity index (χ2n) is 6.67. The average molecular weight is 336 g/mol. The molecule has 2 rings (SSSR count). The molecule has 0 amide bonds. The fourth-order valence-electron chi connectivity index (χ4n) is 2.76. The number of aliphatic imine (C=N–C) groups is 1. The number of aryl methyl sites for hydroxylation is 1. The highest BCUT2D eigenvalue weighted by Crippen LogP contribution is 2.14. The predicted octanol–water partition coefficient (Wildman–Crippen LogP) is 1.73. The lowest BCUT2D eigenvalue weighted by Gasteiger charge is -2.13. The number of hydrogen-bond donors (Lipinski definition) is 2. The molecule has 7 nitrogen and oxygen atoms in total. The van der Waals surface area contributed by atoms with Crippen molar-refractivity contribution in [3.05, 3.63) is 11.6 Å². The molecule has 0 saturated carbocycles. The number of rotatable bonds is 8. The Kier molecular flexibility index (Phi) is 8.01. The van der Waals surface area contributed by atoms with Crippen LogP contribution in [0.1, 0.15) is 51.2 Å². The van der Waals surface area contributed by atoms with Crippen molar-refractivity contribution in [3.63, 3.8) is 0 Å². The van der Waals surface area contributed by atoms with E-state index in [4.69, 9.17) is 4.74 Å². The van der Waals surface area contributed by atoms with Gasteiger partial charge in [0.05, 0.1) is 6.54 Å². The normalized spacial score (nSPS) is 15.2. The second kappa shape index (κ2) is 10.3. The highest BCUT2D eigenvalue weighted by molar-refractivity contribution is 5.79. The number of nitrogens with one attached hydrogen (secondary N) is 2. The van der Waals surface area contributed by atoms with Crippen LogP contribution >= 0.6 is 0 Å². The van der Waals surface area contributed by atoms with E-state index in [1.165, 1.54) is 19.3 Å². The van der Waals surface area contributed by atoms with E-state index in [9.17, 15) is 0 Å². The predicted molar refractivity (Wildman–Crippen MR) is 96.1 cm³/mol. The zero-order valence-electron chi connectivity index (χ0n) is 15.3. The Morgan fingerprint density at radius 2 is 2.12 bits per heavy atom. The zero-order valence-corrected chi connectivity index (χ0v) is 15.3. The SMILES string of the molecule is CN=C(NCCCOCC(C)C)NCc1nnc2n1CCCCC2. The highest BCUT2D eigenvalue weighted by atomic mass is 16.5. The minimum Gasteiger partial charge on any atom is -0.381 e. The number of ether oxygens (including phenoxy) is 1. The molecule has 0 bridgehead atoms. The minimum absolute atomic E-state index is 0.589. The molecule has 0 saturated heterocycles. The Balaban J connectivity index is 1.69. The van der Waals surface area contributed by atoms with E-state index in [0.29, 0.717) is 12.5 Å². The molecule has 0 radical (unpaired) electrons. The quantitative estimate of drug-likeness (QED) is 0.429. The van der Waals surface area contributed by atoms with Gasteiger partial charge in [0.15, 0.2) is 11.8 Å². The molecule has 1 aromatic rings. The van der Waals surface area contributed by atoms with Crippen molar-refractivity contribution in [1.29, 1.82) is 0 Å². The molecule has 1 aromatic heterocycles. The Hall–Kier alpha value is -1.63. The molecule has 0 aromatic carbocycles. The maximum absolute atomic E-state index is 5.58. The van der Waals surface area contributed by atoms with Gasteiger partial charge in [-0.25, -0.2) is 0 Å². The highest BCUT2D eigenvalue weighted by Gasteiger charge is 2.14. The van der Waals surface area contributed by atoms with Gasteiger partial charge in [-0.15, -0.1) is 10.2 Å². The zero-order chi connectivity index (χ0) is 17.2. The van der Waals surface area contributed by atoms with E-state index < -0.39 is 0 Å². The molecule has 0 unspecified atom stereocenters. The summed E-state index contributed by atoms with van der Waals surface area (Å²) in [6.07, 6.45) is 5.71. The van der Waals surface area contributed by atoms with Crippen LogP contribution in [-0.4, -0.2) is 47.5 Å². The minimum atomic E-state index is 0.589. The maximum Gasteiger partial charge on any atom is 0.191 e. The molecule has 1 aliphatic rings. The van der Waals surface area contributed by atoms with E-state index in [1.54, 1.807) is 7.05 Å². The van der Waals surface area contributed by atoms with Gasteiger partial charge in [0, 0.05) is 39.8 Å². The molecule has 24 heavy (non-hydrogen) atoms. The smallest absolute Gasteiger partial charge is 0.191 e. The van der Waals surface area contributed by atoms with Crippen LogP contribution in [0.5, 0.6) is 0 Å². The van der Waals surface area contributed by atoms with Crippen molar-refractivity contribution in [2.45, 2.75) is 59.0 Å². The molecule has 0 aliphatic carbocycles. The first-order valence-corrected chi connectivity index (χ1v) is 9.14. The summed E-state index contributed by atoms with van der Waals surface area (Å²) in [5, 5.41) is 15.3. The van der Waals surface area contributed by atoms with Crippen LogP contribution in [0, 0.1) is 5.92 Å². The third kappa shape index (κ3) is 6.11. The first-order valence-electron chi connectivity index (χ1n) is 9.14. The lowest BCUT2D eigenvalue weighted by Crippen LogP contribution is -2.38. The van der Waals surface area contributed by atoms with Gasteiger partial charge in [-0.1, -0.05) is 20.3 Å². The number of hydrogen-bond acceptors (Lipinski definition) is 4. The maximum atomic E-state index is 5.58. The summed E-state index contributed by atoms with van der Waals surface area (Å²) in [6, 6.07) is 0. The molecule has 2 N–H and O–H groups in total. The van der Waals surface area contributed by atoms with Crippen LogP contribution in [0.4, 0.5) is 0 Å². The van der Waals surface area contributed by atoms with Gasteiger partial charge in [0.1, 0.15) is 5.82 Å². The van der Waals surface area contributed by atoms with Gasteiger partial charge in [-0.05, 0) is 25.2 Å². The molecule has 0 atom stereocenters. The van der Waals surface area contributed by atoms with E-state index in [2.05, 4.69) is 44.2 Å². The molecular weight excluding hydrogens is 304 g/mol. The topological polar surface area (TPSA) is 76.4 Å². The Morgan fingerprint density at radius 3 is 2.92 bits per heavy atom. The second-order valence-corrected chi connectivity index (χ2v) is 6.67. The molecule has 0 spiro atoms. The molecule has 136 valence electrons. The Labute approximate surface area is 145 Å². The first kappa shape index (κ1) is 18.7. The van der Waals surface area contributed by atoms with Crippen molar-refractivity contribution in [3.8, 4) is 0 Å². The lowest BCUT2D eigenvalue weighted by molar-refractivity contribution is 0.108. The van der Waals surface area contributed by atoms with Gasteiger partial charge < -0.3 is 19.9 Å². The average Bonchev–Trinajstić information content (AvgIpc) is 2.80. The number of fused-ring (bicyclic) bond motifs is 1. The van der Waals surface area contributed by atoms with Crippen LogP contribution < -0.4 is 10.6 Å². The summed E-state index contributed by atoms with van der Waals surface area (Å²) in [6.45, 7) is 8.44. The standard InChI is InChI=1S/C17H32N6O/c1-14(2)13-24-11-7-9-19-17(18-3)20-12-16-22-21-15-8-5-4-6-10-23(15)16/h14H,4-13H2,1-3H3,(H2,18,19,20). The van der Waals surface area contributed by atoms with E-state index in [0.717, 1.165) is 56.8 Å². The lowest BCUT2D eigenvalue weighted by atomic mass is 10.2. The summed E-state index contributed by atoms with van der Waals surface area (Å²) < 4.78 is 7.84. The van der Waals surface area contributed by atoms with E-state index in [1.807, 2.05) is 0 Å². The summed E-state index contributed by atoms with van der Waals surface area (Å²) in [5.74, 6) is 3.50. The number of guanidine groups is 1. The van der Waals surface area contributed by atoms with Gasteiger partial charge in [0.25, 0.3) is 0 Å². The fourth-order valence-corrected chi connectivity index (χ4v) is 2.76. The molecule has 0 fully saturated rings. The monoisotopic (exact) mass is 336 g/mol. The van der Waals surface area contributed by atoms with Gasteiger partial charge in [-0.3, -0.25) is 4.99 Å². The Morgan fingerprint density at radius 1 is 1.25 bits per heavy atom. The van der Waals surface area contributed by atoms with Crippen LogP contribution in [0.25, 0.3) is 0 Å². The summed E-state index contributed by atoms with van der Waals surface area (Å²) in [5.41, 5.74) is 0. The van der Waals surface area contributed by atoms with Gasteiger partial charge in [0.2, 0.25) is 0 Å². The van der Waals surface area contributed by atoms with Crippen molar-refractivity contribution < 1.29 is 4.74 Å². The summed E-state index contributed by atoms with van der Waals surface area (Å²) in [7, 11) is 1.79. The van der Waals surface area contributed by atoms with Gasteiger partial charge in [-0.2, -0.15) is 0 Å². The van der Waals surface area contributed by atoms with E-state index >= 15 is 0 Å². The van der Waals surface area contributed by atoms with Crippen LogP contribution in [0.2, 0.25) is 0 Å². The molecule has 1 aliphatic heterocycles. The van der Waals surface area contributed by atoms with Crippen LogP contribution in [-0.2, 0) is 24.2 Å². The summed E-state index contributed by atoms with van der Waals surface area (Å²) >= 11 is 0. The molecule has 7 heteroatoms. The third-order valence-corrected chi connectivity index (χ3v) is 4.03. The third-order valence-electron chi connectivity index (χ3n) is 4.03. The van der Waals surface area contributed by atoms with Crippen molar-refractivity contribution in [2.24, 2.45) is 10.9 Å². The van der Waals surface area contributed by atoms with Crippen LogP contribution in [0.15, 0.2) is 4.99 Å². The molecular formula is C17H32N6O. The van der Waals surface area contributed by atoms with Crippen molar-refractivity contribution in [1.82, 2.24) is 25.4 Å². The van der Waals surface area contributed by atoms with E-state index in [-0.39, 0.29) is 0 Å². The largest absolute Gasteiger partial charge is 0.381 e. The van der Waals surface area contributed by atoms with Gasteiger partial charge >= 0.3 is 0 Å². The first-order chi connectivity index (χ1) is 11.7. The molecule has 2 heterocycles. The summed E-state index contributed by atoms with van der Waals surface area (Å²) in [4.78, 5) is 4.26.